The van der Waals surface area contributed by atoms with Crippen LogP contribution in [0.2, 0.25) is 0 Å². The van der Waals surface area contributed by atoms with Gasteiger partial charge in [0.1, 0.15) is 0 Å². The van der Waals surface area contributed by atoms with Crippen molar-refractivity contribution in [1.29, 1.82) is 5.26 Å². The number of nitrogens with zero attached hydrogens (tertiary/aromatic N) is 1. The minimum absolute atomic E-state index is 0.0378. The lowest BCUT2D eigenvalue weighted by Crippen LogP contribution is -2.08. The standard InChI is InChI=1S/C10H10N2O/c11-5-8-3-1-2-4-9(8)10-6-12-7-13-10/h1-4,10,12H,6-7H2. The Morgan fingerprint density at radius 2 is 2.31 bits per heavy atom. The third-order valence-electron chi connectivity index (χ3n) is 2.14. The van der Waals surface area contributed by atoms with Crippen LogP contribution in [0, 0.1) is 11.3 Å². The average molecular weight is 174 g/mol. The van der Waals surface area contributed by atoms with Gasteiger partial charge < -0.3 is 4.74 Å². The molecule has 1 aliphatic heterocycles. The summed E-state index contributed by atoms with van der Waals surface area (Å²) in [6.45, 7) is 1.36. The lowest BCUT2D eigenvalue weighted by Gasteiger charge is -2.09. The Bertz CT molecular complexity index is 337. The normalized spacial score (nSPS) is 21.3. The van der Waals surface area contributed by atoms with E-state index in [-0.39, 0.29) is 6.10 Å². The molecule has 1 aliphatic rings. The van der Waals surface area contributed by atoms with Crippen LogP contribution in [0.5, 0.6) is 0 Å². The minimum atomic E-state index is 0.0378. The van der Waals surface area contributed by atoms with E-state index in [2.05, 4.69) is 11.4 Å². The Morgan fingerprint density at radius 3 is 3.00 bits per heavy atom. The van der Waals surface area contributed by atoms with Crippen LogP contribution in [0.4, 0.5) is 0 Å². The van der Waals surface area contributed by atoms with Crippen LogP contribution in [0.3, 0.4) is 0 Å². The van der Waals surface area contributed by atoms with Crippen LogP contribution >= 0.6 is 0 Å². The molecule has 0 amide bonds. The van der Waals surface area contributed by atoms with Gasteiger partial charge in [-0.2, -0.15) is 5.26 Å². The molecule has 1 saturated heterocycles. The maximum absolute atomic E-state index is 8.85. The van der Waals surface area contributed by atoms with Gasteiger partial charge in [-0.1, -0.05) is 18.2 Å². The van der Waals surface area contributed by atoms with Crippen molar-refractivity contribution in [2.45, 2.75) is 6.10 Å². The molecule has 1 aromatic rings. The highest BCUT2D eigenvalue weighted by molar-refractivity contribution is 5.39. The Kier molecular flexibility index (Phi) is 2.26. The number of hydrogen-bond acceptors (Lipinski definition) is 3. The molecule has 0 bridgehead atoms. The fourth-order valence-corrected chi connectivity index (χ4v) is 1.49. The van der Waals surface area contributed by atoms with Crippen molar-refractivity contribution >= 4 is 0 Å². The molecular weight excluding hydrogens is 164 g/mol. The molecule has 3 nitrogen and oxygen atoms in total. The van der Waals surface area contributed by atoms with Crippen LogP contribution < -0.4 is 5.32 Å². The predicted molar refractivity (Wildman–Crippen MR) is 47.9 cm³/mol. The summed E-state index contributed by atoms with van der Waals surface area (Å²) >= 11 is 0. The summed E-state index contributed by atoms with van der Waals surface area (Å²) in [6, 6.07) is 9.72. The molecule has 0 saturated carbocycles. The van der Waals surface area contributed by atoms with Crippen molar-refractivity contribution < 1.29 is 4.74 Å². The Hall–Kier alpha value is -1.37. The van der Waals surface area contributed by atoms with Gasteiger partial charge in [0.05, 0.1) is 24.5 Å². The zero-order chi connectivity index (χ0) is 9.10. The Morgan fingerprint density at radius 1 is 1.46 bits per heavy atom. The minimum Gasteiger partial charge on any atom is -0.357 e. The number of ether oxygens (including phenoxy) is 1. The van der Waals surface area contributed by atoms with Gasteiger partial charge in [-0.15, -0.1) is 0 Å². The number of nitrogens with one attached hydrogen (secondary N) is 1. The first kappa shape index (κ1) is 8.24. The SMILES string of the molecule is N#Cc1ccccc1C1CNCO1. The Labute approximate surface area is 76.9 Å². The van der Waals surface area contributed by atoms with Gasteiger partial charge in [-0.05, 0) is 11.6 Å². The highest BCUT2D eigenvalue weighted by Gasteiger charge is 2.19. The maximum atomic E-state index is 8.85. The molecule has 1 atom stereocenters. The van der Waals surface area contributed by atoms with E-state index in [4.69, 9.17) is 10.00 Å². The van der Waals surface area contributed by atoms with Gasteiger partial charge in [0.2, 0.25) is 0 Å². The molecular formula is C10H10N2O. The molecule has 0 aromatic heterocycles. The first-order chi connectivity index (χ1) is 6.42. The zero-order valence-electron chi connectivity index (χ0n) is 7.16. The van der Waals surface area contributed by atoms with Gasteiger partial charge in [0.15, 0.2) is 0 Å². The summed E-state index contributed by atoms with van der Waals surface area (Å²) in [5.74, 6) is 0. The monoisotopic (exact) mass is 174 g/mol. The summed E-state index contributed by atoms with van der Waals surface area (Å²) in [7, 11) is 0. The largest absolute Gasteiger partial charge is 0.357 e. The highest BCUT2D eigenvalue weighted by Crippen LogP contribution is 2.22. The third-order valence-corrected chi connectivity index (χ3v) is 2.14. The topological polar surface area (TPSA) is 45.0 Å². The van der Waals surface area contributed by atoms with E-state index in [9.17, 15) is 0 Å². The van der Waals surface area contributed by atoms with Gasteiger partial charge in [-0.25, -0.2) is 0 Å². The molecule has 0 aliphatic carbocycles. The van der Waals surface area contributed by atoms with E-state index in [0.29, 0.717) is 12.3 Å². The second-order valence-corrected chi connectivity index (χ2v) is 2.95. The predicted octanol–water partition coefficient (Wildman–Crippen LogP) is 1.18. The van der Waals surface area contributed by atoms with E-state index >= 15 is 0 Å². The van der Waals surface area contributed by atoms with Crippen LogP contribution in [0.25, 0.3) is 0 Å². The third kappa shape index (κ3) is 1.55. The van der Waals surface area contributed by atoms with Crippen molar-refractivity contribution in [1.82, 2.24) is 5.32 Å². The summed E-state index contributed by atoms with van der Waals surface area (Å²) < 4.78 is 5.42. The molecule has 1 fully saturated rings. The molecule has 13 heavy (non-hydrogen) atoms. The summed E-state index contributed by atoms with van der Waals surface area (Å²) in [6.07, 6.45) is 0.0378. The van der Waals surface area contributed by atoms with Crippen molar-refractivity contribution in [3.63, 3.8) is 0 Å². The maximum Gasteiger partial charge on any atom is 0.0995 e. The molecule has 1 N–H and O–H groups in total. The number of nitriles is 1. The summed E-state index contributed by atoms with van der Waals surface area (Å²) in [5.41, 5.74) is 1.69. The van der Waals surface area contributed by atoms with E-state index in [1.165, 1.54) is 0 Å². The fraction of sp³-hybridized carbons (Fsp3) is 0.300. The molecule has 0 radical (unpaired) electrons. The number of benzene rings is 1. The van der Waals surface area contributed by atoms with Gasteiger partial charge in [0.25, 0.3) is 0 Å². The van der Waals surface area contributed by atoms with Crippen LogP contribution in [0.1, 0.15) is 17.2 Å². The lowest BCUT2D eigenvalue weighted by molar-refractivity contribution is 0.114. The highest BCUT2D eigenvalue weighted by atomic mass is 16.5. The summed E-state index contributed by atoms with van der Waals surface area (Å²) in [5, 5.41) is 11.9. The van der Waals surface area contributed by atoms with Crippen molar-refractivity contribution in [3.05, 3.63) is 35.4 Å². The smallest absolute Gasteiger partial charge is 0.0995 e. The van der Waals surface area contributed by atoms with Crippen molar-refractivity contribution in [3.8, 4) is 6.07 Å². The van der Waals surface area contributed by atoms with E-state index < -0.39 is 0 Å². The first-order valence-electron chi connectivity index (χ1n) is 4.23. The fourth-order valence-electron chi connectivity index (χ4n) is 1.49. The summed E-state index contributed by atoms with van der Waals surface area (Å²) in [4.78, 5) is 0. The quantitative estimate of drug-likeness (QED) is 0.695. The second kappa shape index (κ2) is 3.56. The van der Waals surface area contributed by atoms with Crippen LogP contribution in [-0.2, 0) is 4.74 Å². The second-order valence-electron chi connectivity index (χ2n) is 2.95. The molecule has 1 heterocycles. The van der Waals surface area contributed by atoms with E-state index in [0.717, 1.165) is 12.1 Å². The average Bonchev–Trinajstić information content (AvgIpc) is 2.70. The number of rotatable bonds is 1. The molecule has 2 rings (SSSR count). The van der Waals surface area contributed by atoms with E-state index in [1.807, 2.05) is 24.3 Å². The lowest BCUT2D eigenvalue weighted by atomic mass is 10.0. The molecule has 3 heteroatoms. The zero-order valence-corrected chi connectivity index (χ0v) is 7.16. The molecule has 1 aromatic carbocycles. The Balaban J connectivity index is 2.33. The van der Waals surface area contributed by atoms with Crippen LogP contribution in [0.15, 0.2) is 24.3 Å². The van der Waals surface area contributed by atoms with E-state index in [1.54, 1.807) is 0 Å². The van der Waals surface area contributed by atoms with Gasteiger partial charge in [-0.3, -0.25) is 5.32 Å². The van der Waals surface area contributed by atoms with Crippen LogP contribution in [-0.4, -0.2) is 13.3 Å². The molecule has 1 unspecified atom stereocenters. The van der Waals surface area contributed by atoms with Gasteiger partial charge in [0, 0.05) is 6.54 Å². The molecule has 66 valence electrons. The molecule has 0 spiro atoms. The van der Waals surface area contributed by atoms with Crippen molar-refractivity contribution in [2.75, 3.05) is 13.3 Å². The van der Waals surface area contributed by atoms with Gasteiger partial charge >= 0.3 is 0 Å². The first-order valence-corrected chi connectivity index (χ1v) is 4.23. The van der Waals surface area contributed by atoms with Crippen molar-refractivity contribution in [2.24, 2.45) is 0 Å². The number of hydrogen-bond donors (Lipinski definition) is 1.